The molecule has 2 aliphatic heterocycles. The highest BCUT2D eigenvalue weighted by atomic mass is 16.3. The van der Waals surface area contributed by atoms with Crippen LogP contribution in [0, 0.1) is 0 Å². The monoisotopic (exact) mass is 519 g/mol. The van der Waals surface area contributed by atoms with Gasteiger partial charge in [0.15, 0.2) is 0 Å². The number of benzene rings is 3. The van der Waals surface area contributed by atoms with Crippen molar-refractivity contribution >= 4 is 17.9 Å². The number of aliphatic hydroxyl groups is 1. The lowest BCUT2D eigenvalue weighted by Gasteiger charge is -2.30. The molecule has 1 fully saturated rings. The molecule has 196 valence electrons. The Hall–Kier alpha value is -4.40. The smallest absolute Gasteiger partial charge is 0.248 e. The van der Waals surface area contributed by atoms with E-state index >= 15 is 0 Å². The minimum atomic E-state index is -0.684. The first kappa shape index (κ1) is 24.9. The van der Waals surface area contributed by atoms with Gasteiger partial charge in [-0.3, -0.25) is 24.0 Å². The van der Waals surface area contributed by atoms with Gasteiger partial charge >= 0.3 is 0 Å². The molecule has 1 unspecified atom stereocenters. The van der Waals surface area contributed by atoms with E-state index in [1.54, 1.807) is 41.4 Å². The number of primary amides is 1. The van der Waals surface area contributed by atoms with Crippen LogP contribution in [0.15, 0.2) is 84.1 Å². The van der Waals surface area contributed by atoms with Crippen molar-refractivity contribution in [3.05, 3.63) is 107 Å². The number of fused-ring (bicyclic) bond motifs is 1. The second kappa shape index (κ2) is 10.4. The number of nitrogens with zero attached hydrogens (tertiary/aromatic N) is 4. The standard InChI is InChI=1S/C31H29N5O3/c32-31(39)22-5-3-6-24(16-22)36-19-34-27-17-33-28(30(38)29(27)36)21-10-8-20(9-11-21)26-7-2-1-4-23(26)18-35-14-12-25(37)13-15-35/h1-11,16-17,19,25,28,37H,12-15,18H2,(H2,32,39). The number of piperidine rings is 1. The molecule has 0 saturated carbocycles. The number of ketones is 1. The van der Waals surface area contributed by atoms with E-state index in [-0.39, 0.29) is 11.9 Å². The molecule has 8 heteroatoms. The summed E-state index contributed by atoms with van der Waals surface area (Å²) >= 11 is 0. The number of aliphatic imine (C=N–C) groups is 1. The lowest BCUT2D eigenvalue weighted by atomic mass is 9.94. The highest BCUT2D eigenvalue weighted by molar-refractivity contribution is 6.08. The summed E-state index contributed by atoms with van der Waals surface area (Å²) in [4.78, 5) is 36.6. The molecule has 1 saturated heterocycles. The molecule has 39 heavy (non-hydrogen) atoms. The van der Waals surface area contributed by atoms with Gasteiger partial charge in [-0.2, -0.15) is 0 Å². The second-order valence-corrected chi connectivity index (χ2v) is 10.1. The Morgan fingerprint density at radius 2 is 1.77 bits per heavy atom. The van der Waals surface area contributed by atoms with Crippen molar-refractivity contribution in [2.75, 3.05) is 13.1 Å². The number of carbonyl (C=O) groups excluding carboxylic acids is 2. The number of carbonyl (C=O) groups is 2. The van der Waals surface area contributed by atoms with Crippen LogP contribution in [0.4, 0.5) is 0 Å². The molecule has 6 rings (SSSR count). The number of likely N-dealkylation sites (tertiary alicyclic amines) is 1. The zero-order valence-corrected chi connectivity index (χ0v) is 21.4. The fourth-order valence-electron chi connectivity index (χ4n) is 5.39. The molecule has 0 bridgehead atoms. The maximum Gasteiger partial charge on any atom is 0.248 e. The molecule has 1 aromatic heterocycles. The maximum absolute atomic E-state index is 13.7. The molecule has 1 amide bonds. The quantitative estimate of drug-likeness (QED) is 0.400. The summed E-state index contributed by atoms with van der Waals surface area (Å²) < 4.78 is 1.69. The number of amides is 1. The van der Waals surface area contributed by atoms with Gasteiger partial charge in [0.1, 0.15) is 23.8 Å². The first-order valence-electron chi connectivity index (χ1n) is 13.1. The number of rotatable bonds is 6. The van der Waals surface area contributed by atoms with Crippen LogP contribution in [0.2, 0.25) is 0 Å². The summed E-state index contributed by atoms with van der Waals surface area (Å²) in [6, 6.07) is 22.5. The minimum absolute atomic E-state index is 0.157. The van der Waals surface area contributed by atoms with E-state index in [0.717, 1.165) is 49.2 Å². The third-order valence-corrected chi connectivity index (χ3v) is 7.54. The molecular formula is C31H29N5O3. The van der Waals surface area contributed by atoms with Crippen LogP contribution < -0.4 is 5.73 Å². The average Bonchev–Trinajstić information content (AvgIpc) is 3.40. The summed E-state index contributed by atoms with van der Waals surface area (Å²) in [5, 5.41) is 9.84. The third-order valence-electron chi connectivity index (χ3n) is 7.54. The minimum Gasteiger partial charge on any atom is -0.393 e. The molecule has 0 radical (unpaired) electrons. The van der Waals surface area contributed by atoms with Gasteiger partial charge in [0.2, 0.25) is 11.7 Å². The second-order valence-electron chi connectivity index (χ2n) is 10.1. The van der Waals surface area contributed by atoms with E-state index in [1.807, 2.05) is 30.3 Å². The Morgan fingerprint density at radius 1 is 1.00 bits per heavy atom. The number of hydrogen-bond donors (Lipinski definition) is 2. The lowest BCUT2D eigenvalue weighted by Crippen LogP contribution is -2.35. The molecular weight excluding hydrogens is 490 g/mol. The summed E-state index contributed by atoms with van der Waals surface area (Å²) in [5.74, 6) is -0.692. The van der Waals surface area contributed by atoms with E-state index in [4.69, 9.17) is 5.73 Å². The molecule has 0 aliphatic carbocycles. The normalized spacial score (nSPS) is 17.8. The zero-order chi connectivity index (χ0) is 26.9. The van der Waals surface area contributed by atoms with Gasteiger partial charge in [0.25, 0.3) is 0 Å². The predicted molar refractivity (Wildman–Crippen MR) is 149 cm³/mol. The Labute approximate surface area is 226 Å². The van der Waals surface area contributed by atoms with Crippen LogP contribution in [-0.4, -0.2) is 56.7 Å². The summed E-state index contributed by atoms with van der Waals surface area (Å²) in [5.41, 5.74) is 11.6. The molecule has 2 aliphatic rings. The van der Waals surface area contributed by atoms with Crippen molar-refractivity contribution in [2.24, 2.45) is 10.7 Å². The van der Waals surface area contributed by atoms with Gasteiger partial charge in [-0.15, -0.1) is 0 Å². The van der Waals surface area contributed by atoms with Crippen molar-refractivity contribution < 1.29 is 14.7 Å². The summed E-state index contributed by atoms with van der Waals surface area (Å²) in [6.45, 7) is 2.61. The Kier molecular flexibility index (Phi) is 6.64. The van der Waals surface area contributed by atoms with Gasteiger partial charge in [0, 0.05) is 30.9 Å². The summed E-state index contributed by atoms with van der Waals surface area (Å²) in [6.07, 6.45) is 4.63. The number of aromatic nitrogens is 2. The van der Waals surface area contributed by atoms with E-state index in [9.17, 15) is 14.7 Å². The van der Waals surface area contributed by atoms with Gasteiger partial charge in [-0.25, -0.2) is 4.98 Å². The highest BCUT2D eigenvalue weighted by Crippen LogP contribution is 2.32. The van der Waals surface area contributed by atoms with Gasteiger partial charge in [0.05, 0.1) is 12.3 Å². The first-order valence-corrected chi connectivity index (χ1v) is 13.1. The van der Waals surface area contributed by atoms with Crippen molar-refractivity contribution in [3.63, 3.8) is 0 Å². The number of Topliss-reactive ketones (excluding diaryl/α,β-unsaturated/α-hetero) is 1. The largest absolute Gasteiger partial charge is 0.393 e. The molecule has 3 aromatic carbocycles. The van der Waals surface area contributed by atoms with Crippen LogP contribution >= 0.6 is 0 Å². The van der Waals surface area contributed by atoms with E-state index in [0.29, 0.717) is 22.6 Å². The van der Waals surface area contributed by atoms with E-state index < -0.39 is 11.9 Å². The lowest BCUT2D eigenvalue weighted by molar-refractivity contribution is 0.0793. The first-order chi connectivity index (χ1) is 19.0. The molecule has 0 spiro atoms. The number of imidazole rings is 1. The number of hydrogen-bond acceptors (Lipinski definition) is 6. The van der Waals surface area contributed by atoms with E-state index in [2.05, 4.69) is 33.1 Å². The molecule has 8 nitrogen and oxygen atoms in total. The van der Waals surface area contributed by atoms with Gasteiger partial charge in [-0.05, 0) is 53.3 Å². The Balaban J connectivity index is 1.25. The van der Waals surface area contributed by atoms with Gasteiger partial charge < -0.3 is 10.8 Å². The molecule has 3 heterocycles. The zero-order valence-electron chi connectivity index (χ0n) is 21.4. The number of nitrogens with two attached hydrogens (primary N) is 1. The molecule has 3 N–H and O–H groups in total. The topological polar surface area (TPSA) is 114 Å². The number of aliphatic hydroxyl groups excluding tert-OH is 1. The van der Waals surface area contributed by atoms with Crippen LogP contribution in [-0.2, 0) is 6.54 Å². The SMILES string of the molecule is NC(=O)c1cccc(-n2cnc3c2C(=O)C(c2ccc(-c4ccccc4CN4CCC(O)CC4)cc2)N=C3)c1. The van der Waals surface area contributed by atoms with Crippen molar-refractivity contribution in [1.29, 1.82) is 0 Å². The fourth-order valence-corrected chi connectivity index (χ4v) is 5.39. The molecule has 4 aromatic rings. The highest BCUT2D eigenvalue weighted by Gasteiger charge is 2.31. The van der Waals surface area contributed by atoms with Crippen LogP contribution in [0.1, 0.15) is 56.6 Å². The maximum atomic E-state index is 13.7. The Bertz CT molecular complexity index is 1570. The van der Waals surface area contributed by atoms with Crippen molar-refractivity contribution in [3.8, 4) is 16.8 Å². The Morgan fingerprint density at radius 3 is 2.54 bits per heavy atom. The van der Waals surface area contributed by atoms with E-state index in [1.165, 1.54) is 5.56 Å². The van der Waals surface area contributed by atoms with Gasteiger partial charge in [-0.1, -0.05) is 54.6 Å². The summed E-state index contributed by atoms with van der Waals surface area (Å²) in [7, 11) is 0. The predicted octanol–water partition coefficient (Wildman–Crippen LogP) is 3.95. The van der Waals surface area contributed by atoms with Crippen LogP contribution in [0.5, 0.6) is 0 Å². The van der Waals surface area contributed by atoms with Crippen molar-refractivity contribution in [1.82, 2.24) is 14.5 Å². The van der Waals surface area contributed by atoms with Crippen LogP contribution in [0.3, 0.4) is 0 Å². The molecule has 1 atom stereocenters. The average molecular weight is 520 g/mol. The van der Waals surface area contributed by atoms with Crippen LogP contribution in [0.25, 0.3) is 16.8 Å². The fraction of sp³-hybridized carbons (Fsp3) is 0.226. The van der Waals surface area contributed by atoms with Crippen molar-refractivity contribution in [2.45, 2.75) is 31.5 Å². The third kappa shape index (κ3) is 4.92.